The van der Waals surface area contributed by atoms with Crippen LogP contribution in [0.1, 0.15) is 37.5 Å². The average Bonchev–Trinajstić information content (AvgIpc) is 2.26. The Balaban J connectivity index is 3.04. The van der Waals surface area contributed by atoms with Gasteiger partial charge < -0.3 is 10.0 Å². The molecule has 1 aromatic carbocycles. The van der Waals surface area contributed by atoms with Crippen LogP contribution < -0.4 is 0 Å². The second-order valence-corrected chi connectivity index (χ2v) is 4.92. The van der Waals surface area contributed by atoms with Gasteiger partial charge in [-0.1, -0.05) is 36.8 Å². The molecule has 0 bridgehead atoms. The van der Waals surface area contributed by atoms with E-state index in [0.717, 1.165) is 12.0 Å². The predicted molar refractivity (Wildman–Crippen MR) is 68.5 cm³/mol. The van der Waals surface area contributed by atoms with Crippen LogP contribution in [0.4, 0.5) is 0 Å². The van der Waals surface area contributed by atoms with Crippen molar-refractivity contribution in [3.05, 3.63) is 35.4 Å². The molecule has 1 N–H and O–H groups in total. The Morgan fingerprint density at radius 1 is 1.38 bits per heavy atom. The number of hydrogen-bond acceptors (Lipinski definition) is 2. The van der Waals surface area contributed by atoms with E-state index in [1.807, 2.05) is 26.2 Å². The molecule has 0 aromatic heterocycles. The second kappa shape index (κ2) is 4.98. The molecule has 1 rings (SSSR count). The zero-order chi connectivity index (χ0) is 12.3. The van der Waals surface area contributed by atoms with Gasteiger partial charge in [-0.2, -0.15) is 0 Å². The highest BCUT2D eigenvalue weighted by Crippen LogP contribution is 2.32. The average molecular weight is 221 g/mol. The van der Waals surface area contributed by atoms with Crippen molar-refractivity contribution in [2.24, 2.45) is 0 Å². The molecule has 2 unspecified atom stereocenters. The van der Waals surface area contributed by atoms with E-state index in [9.17, 15) is 5.11 Å². The fourth-order valence-corrected chi connectivity index (χ4v) is 1.95. The van der Waals surface area contributed by atoms with Crippen LogP contribution in [-0.4, -0.2) is 29.6 Å². The van der Waals surface area contributed by atoms with E-state index < -0.39 is 6.10 Å². The largest absolute Gasteiger partial charge is 0.386 e. The maximum atomic E-state index is 10.5. The topological polar surface area (TPSA) is 23.5 Å². The van der Waals surface area contributed by atoms with Crippen LogP contribution in [0.15, 0.2) is 24.3 Å². The molecule has 0 aliphatic rings. The highest BCUT2D eigenvalue weighted by Gasteiger charge is 2.34. The van der Waals surface area contributed by atoms with Crippen LogP contribution in [0.5, 0.6) is 0 Å². The van der Waals surface area contributed by atoms with Gasteiger partial charge in [0.2, 0.25) is 0 Å². The highest BCUT2D eigenvalue weighted by atomic mass is 16.3. The Bertz CT molecular complexity index is 348. The van der Waals surface area contributed by atoms with Gasteiger partial charge in [0.1, 0.15) is 0 Å². The molecule has 0 aliphatic heterocycles. The standard InChI is InChI=1S/C14H23NO/c1-6-14(3,15(4)5)13(16)12-9-7-8-11(2)10-12/h7-10,13,16H,6H2,1-5H3. The molecular formula is C14H23NO. The third kappa shape index (κ3) is 2.45. The van der Waals surface area contributed by atoms with Gasteiger partial charge in [-0.3, -0.25) is 0 Å². The number of aryl methyl sites for hydroxylation is 1. The van der Waals surface area contributed by atoms with Crippen molar-refractivity contribution in [3.63, 3.8) is 0 Å². The molecule has 0 fully saturated rings. The van der Waals surface area contributed by atoms with Crippen LogP contribution in [0.2, 0.25) is 0 Å². The van der Waals surface area contributed by atoms with Gasteiger partial charge in [-0.25, -0.2) is 0 Å². The van der Waals surface area contributed by atoms with Gasteiger partial charge >= 0.3 is 0 Å². The second-order valence-electron chi connectivity index (χ2n) is 4.92. The Morgan fingerprint density at radius 3 is 2.44 bits per heavy atom. The Hall–Kier alpha value is -0.860. The number of aliphatic hydroxyl groups excluding tert-OH is 1. The maximum absolute atomic E-state index is 10.5. The van der Waals surface area contributed by atoms with E-state index in [4.69, 9.17) is 0 Å². The molecule has 0 saturated carbocycles. The lowest BCUT2D eigenvalue weighted by molar-refractivity contribution is 0.000840. The zero-order valence-corrected chi connectivity index (χ0v) is 11.0. The SMILES string of the molecule is CCC(C)(C(O)c1cccc(C)c1)N(C)C. The summed E-state index contributed by atoms with van der Waals surface area (Å²) < 4.78 is 0. The minimum absolute atomic E-state index is 0.214. The van der Waals surface area contributed by atoms with Crippen molar-refractivity contribution in [1.82, 2.24) is 4.90 Å². The van der Waals surface area contributed by atoms with Crippen LogP contribution in [0.25, 0.3) is 0 Å². The number of hydrogen-bond donors (Lipinski definition) is 1. The lowest BCUT2D eigenvalue weighted by atomic mass is 9.85. The van der Waals surface area contributed by atoms with Crippen molar-refractivity contribution in [1.29, 1.82) is 0 Å². The minimum atomic E-state index is -0.451. The van der Waals surface area contributed by atoms with Crippen LogP contribution in [0, 0.1) is 6.92 Å². The molecule has 0 aliphatic carbocycles. The first-order valence-electron chi connectivity index (χ1n) is 5.84. The molecule has 90 valence electrons. The normalized spacial score (nSPS) is 17.2. The molecule has 16 heavy (non-hydrogen) atoms. The van der Waals surface area contributed by atoms with Crippen molar-refractivity contribution >= 4 is 0 Å². The minimum Gasteiger partial charge on any atom is -0.386 e. The summed E-state index contributed by atoms with van der Waals surface area (Å²) in [6.45, 7) is 6.26. The van der Waals surface area contributed by atoms with Gasteiger partial charge in [0, 0.05) is 5.54 Å². The van der Waals surface area contributed by atoms with Crippen molar-refractivity contribution < 1.29 is 5.11 Å². The molecule has 0 radical (unpaired) electrons. The summed E-state index contributed by atoms with van der Waals surface area (Å²) >= 11 is 0. The van der Waals surface area contributed by atoms with Gasteiger partial charge in [-0.15, -0.1) is 0 Å². The summed E-state index contributed by atoms with van der Waals surface area (Å²) in [6, 6.07) is 8.10. The third-order valence-corrected chi connectivity index (χ3v) is 3.68. The Kier molecular flexibility index (Phi) is 4.11. The Labute approximate surface area is 98.9 Å². The summed E-state index contributed by atoms with van der Waals surface area (Å²) in [4.78, 5) is 2.10. The fraction of sp³-hybridized carbons (Fsp3) is 0.571. The third-order valence-electron chi connectivity index (χ3n) is 3.68. The van der Waals surface area contributed by atoms with Crippen LogP contribution >= 0.6 is 0 Å². The molecule has 1 aromatic rings. The number of benzene rings is 1. The summed E-state index contributed by atoms with van der Waals surface area (Å²) in [5.41, 5.74) is 1.97. The first-order chi connectivity index (χ1) is 7.41. The van der Waals surface area contributed by atoms with E-state index in [0.29, 0.717) is 0 Å². The molecule has 0 saturated heterocycles. The molecular weight excluding hydrogens is 198 g/mol. The van der Waals surface area contributed by atoms with Gasteiger partial charge in [0.15, 0.2) is 0 Å². The molecule has 0 heterocycles. The van der Waals surface area contributed by atoms with E-state index in [1.165, 1.54) is 5.56 Å². The smallest absolute Gasteiger partial charge is 0.0970 e. The van der Waals surface area contributed by atoms with Crippen molar-refractivity contribution in [2.45, 2.75) is 38.8 Å². The summed E-state index contributed by atoms with van der Waals surface area (Å²) in [7, 11) is 4.03. The number of likely N-dealkylation sites (N-methyl/N-ethyl adjacent to an activating group) is 1. The van der Waals surface area contributed by atoms with Gasteiger partial charge in [-0.05, 0) is 39.9 Å². The monoisotopic (exact) mass is 221 g/mol. The van der Waals surface area contributed by atoms with Crippen molar-refractivity contribution in [2.75, 3.05) is 14.1 Å². The number of nitrogens with zero attached hydrogens (tertiary/aromatic N) is 1. The zero-order valence-electron chi connectivity index (χ0n) is 11.0. The lowest BCUT2D eigenvalue weighted by Crippen LogP contribution is -2.46. The number of aliphatic hydroxyl groups is 1. The molecule has 0 amide bonds. The predicted octanol–water partition coefficient (Wildman–Crippen LogP) is 2.76. The van der Waals surface area contributed by atoms with E-state index >= 15 is 0 Å². The van der Waals surface area contributed by atoms with E-state index in [1.54, 1.807) is 0 Å². The maximum Gasteiger partial charge on any atom is 0.0970 e. The van der Waals surface area contributed by atoms with Crippen LogP contribution in [0.3, 0.4) is 0 Å². The molecule has 2 heteroatoms. The van der Waals surface area contributed by atoms with E-state index in [-0.39, 0.29) is 5.54 Å². The van der Waals surface area contributed by atoms with Crippen LogP contribution in [-0.2, 0) is 0 Å². The first kappa shape index (κ1) is 13.2. The van der Waals surface area contributed by atoms with Gasteiger partial charge in [0.25, 0.3) is 0 Å². The highest BCUT2D eigenvalue weighted by molar-refractivity contribution is 5.26. The fourth-order valence-electron chi connectivity index (χ4n) is 1.95. The summed E-state index contributed by atoms with van der Waals surface area (Å²) in [6.07, 6.45) is 0.460. The quantitative estimate of drug-likeness (QED) is 0.845. The Morgan fingerprint density at radius 2 is 2.00 bits per heavy atom. The summed E-state index contributed by atoms with van der Waals surface area (Å²) in [5, 5.41) is 10.5. The number of rotatable bonds is 4. The summed E-state index contributed by atoms with van der Waals surface area (Å²) in [5.74, 6) is 0. The first-order valence-corrected chi connectivity index (χ1v) is 5.84. The van der Waals surface area contributed by atoms with Gasteiger partial charge in [0.05, 0.1) is 6.10 Å². The molecule has 2 nitrogen and oxygen atoms in total. The lowest BCUT2D eigenvalue weighted by Gasteiger charge is -2.40. The molecule has 0 spiro atoms. The molecule has 2 atom stereocenters. The van der Waals surface area contributed by atoms with Crippen molar-refractivity contribution in [3.8, 4) is 0 Å². The van der Waals surface area contributed by atoms with E-state index in [2.05, 4.69) is 37.8 Å².